The van der Waals surface area contributed by atoms with E-state index in [1.54, 1.807) is 7.11 Å². The SMILES string of the molecule is CCCC12OCC(O1)C(OCc1ccccc1)CC2OC. The summed E-state index contributed by atoms with van der Waals surface area (Å²) in [5.41, 5.74) is 1.18. The van der Waals surface area contributed by atoms with Gasteiger partial charge in [-0.15, -0.1) is 0 Å². The molecule has 1 aromatic rings. The van der Waals surface area contributed by atoms with Crippen LogP contribution in [0.3, 0.4) is 0 Å². The lowest BCUT2D eigenvalue weighted by molar-refractivity contribution is -0.276. The van der Waals surface area contributed by atoms with E-state index in [1.807, 2.05) is 18.2 Å². The maximum atomic E-state index is 6.16. The molecule has 0 radical (unpaired) electrons. The highest BCUT2D eigenvalue weighted by Gasteiger charge is 2.55. The largest absolute Gasteiger partial charge is 0.376 e. The second-order valence-electron chi connectivity index (χ2n) is 5.82. The molecule has 4 heteroatoms. The van der Waals surface area contributed by atoms with Gasteiger partial charge in [0.15, 0.2) is 5.79 Å². The Morgan fingerprint density at radius 2 is 2.10 bits per heavy atom. The van der Waals surface area contributed by atoms with E-state index < -0.39 is 5.79 Å². The number of rotatable bonds is 6. The minimum Gasteiger partial charge on any atom is -0.376 e. The van der Waals surface area contributed by atoms with E-state index >= 15 is 0 Å². The molecule has 1 aromatic carbocycles. The van der Waals surface area contributed by atoms with Crippen LogP contribution >= 0.6 is 0 Å². The maximum absolute atomic E-state index is 6.16. The molecule has 0 aliphatic carbocycles. The molecule has 0 saturated carbocycles. The van der Waals surface area contributed by atoms with Crippen LogP contribution in [0.15, 0.2) is 30.3 Å². The summed E-state index contributed by atoms with van der Waals surface area (Å²) in [5.74, 6) is -0.555. The molecule has 2 aliphatic rings. The lowest BCUT2D eigenvalue weighted by Crippen LogP contribution is -2.52. The van der Waals surface area contributed by atoms with Gasteiger partial charge < -0.3 is 18.9 Å². The Morgan fingerprint density at radius 3 is 2.81 bits per heavy atom. The van der Waals surface area contributed by atoms with E-state index in [-0.39, 0.29) is 18.3 Å². The van der Waals surface area contributed by atoms with Crippen molar-refractivity contribution in [1.82, 2.24) is 0 Å². The molecule has 2 bridgehead atoms. The van der Waals surface area contributed by atoms with Gasteiger partial charge in [-0.2, -0.15) is 0 Å². The van der Waals surface area contributed by atoms with Gasteiger partial charge in [0.25, 0.3) is 0 Å². The van der Waals surface area contributed by atoms with Crippen molar-refractivity contribution in [3.63, 3.8) is 0 Å². The van der Waals surface area contributed by atoms with Gasteiger partial charge in [-0.1, -0.05) is 43.7 Å². The normalized spacial score (nSPS) is 35.0. The molecule has 4 nitrogen and oxygen atoms in total. The molecule has 2 saturated heterocycles. The van der Waals surface area contributed by atoms with Crippen LogP contribution < -0.4 is 0 Å². The van der Waals surface area contributed by atoms with Gasteiger partial charge in [0.05, 0.1) is 19.3 Å². The van der Waals surface area contributed by atoms with Crippen molar-refractivity contribution >= 4 is 0 Å². The number of fused-ring (bicyclic) bond motifs is 2. The van der Waals surface area contributed by atoms with Crippen LogP contribution in [0.5, 0.6) is 0 Å². The summed E-state index contributed by atoms with van der Waals surface area (Å²) in [6.07, 6.45) is 2.70. The zero-order valence-electron chi connectivity index (χ0n) is 12.8. The molecule has 2 heterocycles. The van der Waals surface area contributed by atoms with E-state index in [9.17, 15) is 0 Å². The fourth-order valence-electron chi connectivity index (χ4n) is 3.31. The Bertz CT molecular complexity index is 449. The second-order valence-corrected chi connectivity index (χ2v) is 5.82. The zero-order valence-corrected chi connectivity index (χ0v) is 12.8. The van der Waals surface area contributed by atoms with Crippen LogP contribution in [0, 0.1) is 0 Å². The van der Waals surface area contributed by atoms with Crippen molar-refractivity contribution in [2.45, 2.75) is 56.9 Å². The third-order valence-electron chi connectivity index (χ3n) is 4.38. The van der Waals surface area contributed by atoms with Crippen LogP contribution in [0.4, 0.5) is 0 Å². The first-order valence-corrected chi connectivity index (χ1v) is 7.77. The van der Waals surface area contributed by atoms with E-state index in [0.717, 1.165) is 19.3 Å². The molecular weight excluding hydrogens is 268 g/mol. The first-order valence-electron chi connectivity index (χ1n) is 7.77. The molecule has 0 spiro atoms. The Labute approximate surface area is 126 Å². The molecule has 4 atom stereocenters. The smallest absolute Gasteiger partial charge is 0.195 e. The van der Waals surface area contributed by atoms with Crippen LogP contribution in [0.1, 0.15) is 31.7 Å². The fraction of sp³-hybridized carbons (Fsp3) is 0.647. The molecule has 0 N–H and O–H groups in total. The second kappa shape index (κ2) is 6.44. The van der Waals surface area contributed by atoms with Gasteiger partial charge in [0.1, 0.15) is 12.2 Å². The van der Waals surface area contributed by atoms with Gasteiger partial charge in [0, 0.05) is 20.0 Å². The molecular formula is C17H24O4. The van der Waals surface area contributed by atoms with E-state index in [1.165, 1.54) is 5.56 Å². The number of hydrogen-bond donors (Lipinski definition) is 0. The highest BCUT2D eigenvalue weighted by molar-refractivity contribution is 5.13. The fourth-order valence-corrected chi connectivity index (χ4v) is 3.31. The Morgan fingerprint density at radius 1 is 1.29 bits per heavy atom. The topological polar surface area (TPSA) is 36.9 Å². The molecule has 2 aliphatic heterocycles. The summed E-state index contributed by atoms with van der Waals surface area (Å²) in [6.45, 7) is 3.33. The van der Waals surface area contributed by atoms with Crippen molar-refractivity contribution in [2.24, 2.45) is 0 Å². The van der Waals surface area contributed by atoms with E-state index in [4.69, 9.17) is 18.9 Å². The van der Waals surface area contributed by atoms with E-state index in [2.05, 4.69) is 19.1 Å². The number of benzene rings is 1. The molecule has 2 fully saturated rings. The summed E-state index contributed by atoms with van der Waals surface area (Å²) in [4.78, 5) is 0. The van der Waals surface area contributed by atoms with Crippen molar-refractivity contribution in [2.75, 3.05) is 13.7 Å². The Hall–Kier alpha value is -0.940. The van der Waals surface area contributed by atoms with Crippen LogP contribution in [-0.2, 0) is 25.6 Å². The van der Waals surface area contributed by atoms with Gasteiger partial charge >= 0.3 is 0 Å². The minimum absolute atomic E-state index is 0.0201. The Kier molecular flexibility index (Phi) is 4.60. The first-order chi connectivity index (χ1) is 10.3. The average molecular weight is 292 g/mol. The quantitative estimate of drug-likeness (QED) is 0.808. The molecule has 3 rings (SSSR count). The number of methoxy groups -OCH3 is 1. The number of hydrogen-bond acceptors (Lipinski definition) is 4. The van der Waals surface area contributed by atoms with E-state index in [0.29, 0.717) is 13.2 Å². The number of ether oxygens (including phenoxy) is 4. The summed E-state index contributed by atoms with van der Waals surface area (Å²) < 4.78 is 23.8. The van der Waals surface area contributed by atoms with Gasteiger partial charge in [-0.25, -0.2) is 0 Å². The zero-order chi connectivity index (χ0) is 14.7. The van der Waals surface area contributed by atoms with Crippen molar-refractivity contribution in [1.29, 1.82) is 0 Å². The standard InChI is InChI=1S/C17H24O4/c1-3-9-17-16(18-2)10-14(15(21-17)12-20-17)19-11-13-7-5-4-6-8-13/h4-8,14-16H,3,9-12H2,1-2H3. The molecule has 21 heavy (non-hydrogen) atoms. The third-order valence-corrected chi connectivity index (χ3v) is 4.38. The predicted octanol–water partition coefficient (Wildman–Crippen LogP) is 2.90. The summed E-state index contributed by atoms with van der Waals surface area (Å²) in [5, 5.41) is 0. The van der Waals surface area contributed by atoms with Gasteiger partial charge in [0.2, 0.25) is 0 Å². The summed E-state index contributed by atoms with van der Waals surface area (Å²) in [6, 6.07) is 10.2. The average Bonchev–Trinajstić information content (AvgIpc) is 2.88. The maximum Gasteiger partial charge on any atom is 0.195 e. The van der Waals surface area contributed by atoms with Crippen LogP contribution in [0.25, 0.3) is 0 Å². The summed E-state index contributed by atoms with van der Waals surface area (Å²) >= 11 is 0. The minimum atomic E-state index is -0.555. The molecule has 4 unspecified atom stereocenters. The first kappa shape index (κ1) is 15.0. The monoisotopic (exact) mass is 292 g/mol. The van der Waals surface area contributed by atoms with Crippen LogP contribution in [-0.4, -0.2) is 37.8 Å². The van der Waals surface area contributed by atoms with Crippen LogP contribution in [0.2, 0.25) is 0 Å². The van der Waals surface area contributed by atoms with Gasteiger partial charge in [-0.3, -0.25) is 0 Å². The predicted molar refractivity (Wildman–Crippen MR) is 78.9 cm³/mol. The lowest BCUT2D eigenvalue weighted by atomic mass is 9.94. The lowest BCUT2D eigenvalue weighted by Gasteiger charge is -2.41. The highest BCUT2D eigenvalue weighted by Crippen LogP contribution is 2.42. The third kappa shape index (κ3) is 2.99. The van der Waals surface area contributed by atoms with Crippen molar-refractivity contribution < 1.29 is 18.9 Å². The molecule has 116 valence electrons. The molecule has 0 amide bonds. The van der Waals surface area contributed by atoms with Crippen molar-refractivity contribution in [3.05, 3.63) is 35.9 Å². The highest BCUT2D eigenvalue weighted by atomic mass is 16.8. The Balaban J connectivity index is 1.64. The summed E-state index contributed by atoms with van der Waals surface area (Å²) in [7, 11) is 1.72. The van der Waals surface area contributed by atoms with Crippen molar-refractivity contribution in [3.8, 4) is 0 Å². The molecule has 0 aromatic heterocycles. The van der Waals surface area contributed by atoms with Gasteiger partial charge in [-0.05, 0) is 5.56 Å².